The van der Waals surface area contributed by atoms with Crippen molar-refractivity contribution in [3.63, 3.8) is 0 Å². The van der Waals surface area contributed by atoms with Gasteiger partial charge in [0.25, 0.3) is 0 Å². The maximum Gasteiger partial charge on any atom is 0.246 e. The first-order valence-corrected chi connectivity index (χ1v) is 52.0. The highest BCUT2D eigenvalue weighted by molar-refractivity contribution is 6.44. The molecule has 0 spiro atoms. The lowest BCUT2D eigenvalue weighted by molar-refractivity contribution is -0.143. The van der Waals surface area contributed by atoms with Crippen molar-refractivity contribution >= 4 is 206 Å². The first kappa shape index (κ1) is 106. The molecule has 31 nitrogen and oxygen atoms in total. The summed E-state index contributed by atoms with van der Waals surface area (Å²) in [6.07, 6.45) is 23.2. The number of piperidine rings is 8. The van der Waals surface area contributed by atoms with Gasteiger partial charge in [0.05, 0.1) is 119 Å². The Labute approximate surface area is 900 Å². The fraction of sp³-hybridized carbons (Fsp3) is 0.364. The predicted molar refractivity (Wildman–Crippen MR) is 568 cm³/mol. The first-order chi connectivity index (χ1) is 72.6. The van der Waals surface area contributed by atoms with Gasteiger partial charge in [-0.15, -0.1) is 0 Å². The standard InChI is InChI=1S/C30H32Cl2FN5O3.C26H23Cl2FN4O4.C26H25Cl2FN4O4.C25H23Cl2FN4O3/c1-40-24-14-23-20(30(35-17-34-23)36-22-8-7-21(31)27(32)28(22)33)13-25(24)41-29-18-12-19(29)16-38(15-18)26(39)6-5-11-37-9-3-2-4-10-37;1-2-22(34)33-8-13-5-14(9-33)25(13)37-20-6-16-19(7-21(20)36-15-10-35-11-15)30-12-31-26(16)32-18-4-3-17(27)23(28)24(18)29;1-3-22(34)33-11-14-8-15(12-33)25(14)37-21-9-16-19(10-20(21)36-7-6-35-2)30-13-31-26(16)32-18-5-4-17(27)23(28)24(18)29;1-3-22(33)32-13-4-5-14(32)9-15(8-13)35-21-10-16-19(11-20(21)34-2)29-12-30-25(16)31-18-7-6-17(26)23(27)24(18)28/h5-8,13-14,17-19,29H,2-4,9-12,15-16H2,1H3,(H,34,35,36);2-4,6-7,12-15,25H,1,5,8-11H2,(H,30,31,32);3-5,9-10,13-15,25H,1,6-8,11-12H2,2H3,(H,30,31,32);3,6-7,10-15H,1,4-5,8-9H2,2H3,(H,29,30,31)/b6-5+;;;. The van der Waals surface area contributed by atoms with Crippen molar-refractivity contribution in [3.8, 4) is 46.0 Å². The van der Waals surface area contributed by atoms with Crippen LogP contribution in [0.3, 0.4) is 0 Å². The molecule has 8 aromatic carbocycles. The molecule has 10 aliphatic heterocycles. The summed E-state index contributed by atoms with van der Waals surface area (Å²) in [7, 11) is 4.74. The average Bonchev–Trinajstić information content (AvgIpc) is 0.781. The number of amides is 4. The van der Waals surface area contributed by atoms with E-state index in [1.54, 1.807) is 63.8 Å². The van der Waals surface area contributed by atoms with Crippen molar-refractivity contribution in [2.45, 2.75) is 107 Å². The molecule has 784 valence electrons. The summed E-state index contributed by atoms with van der Waals surface area (Å²) in [5, 5.41) is 14.3. The van der Waals surface area contributed by atoms with Gasteiger partial charge in [0.1, 0.15) is 85.7 Å². The summed E-state index contributed by atoms with van der Waals surface area (Å²) in [5.74, 6) is 4.32. The van der Waals surface area contributed by atoms with Crippen molar-refractivity contribution in [2.75, 3.05) is 128 Å². The van der Waals surface area contributed by atoms with Gasteiger partial charge >= 0.3 is 0 Å². The van der Waals surface area contributed by atoms with Crippen molar-refractivity contribution in [2.24, 2.45) is 35.5 Å². The summed E-state index contributed by atoms with van der Waals surface area (Å²) in [6.45, 7) is 19.4. The van der Waals surface area contributed by atoms with Gasteiger partial charge in [-0.25, -0.2) is 57.4 Å². The number of rotatable bonds is 30. The van der Waals surface area contributed by atoms with Crippen LogP contribution in [-0.4, -0.2) is 237 Å². The molecule has 3 aliphatic carbocycles. The Morgan fingerprint density at radius 1 is 0.393 bits per heavy atom. The highest BCUT2D eigenvalue weighted by Gasteiger charge is 2.53. The Morgan fingerprint density at radius 2 is 0.720 bits per heavy atom. The Balaban J connectivity index is 0.000000126. The van der Waals surface area contributed by atoms with E-state index in [0.29, 0.717) is 179 Å². The molecule has 4 aromatic heterocycles. The van der Waals surface area contributed by atoms with E-state index in [1.807, 2.05) is 37.8 Å². The third-order valence-electron chi connectivity index (χ3n) is 28.7. The lowest BCUT2D eigenvalue weighted by Gasteiger charge is -2.52. The molecule has 13 fully saturated rings. The van der Waals surface area contributed by atoms with Crippen LogP contribution >= 0.6 is 92.8 Å². The molecule has 14 heterocycles. The number of hydrogen-bond acceptors (Lipinski definition) is 27. The SMILES string of the molecule is C=CC(=O)N1C2CCC1CC(Oc1cc3c(Nc4ccc(Cl)c(Cl)c4F)ncnc3cc1OC)C2.C=CC(=O)N1CC2CC(C1)C2Oc1cc2c(Nc3ccc(Cl)c(Cl)c3F)ncnc2cc1OC1COC1.C=CC(=O)N1CC2CC(C1)C2Oc1cc2c(Nc3ccc(Cl)c(Cl)c3F)ncnc2cc1OCCOC.COc1cc2ncnc(Nc3ccc(Cl)c(Cl)c3F)c2cc1OC1C2CC1CN(C(=O)/C=C/CN1CCCCC1)C2. The lowest BCUT2D eigenvalue weighted by atomic mass is 9.68. The van der Waals surface area contributed by atoms with Gasteiger partial charge in [-0.3, -0.25) is 24.1 Å². The second-order valence-electron chi connectivity index (χ2n) is 38.0. The molecule has 8 bridgehead atoms. The molecule has 4 amide bonds. The Hall–Kier alpha value is -12.5. The third-order valence-corrected chi connectivity index (χ3v) is 31.9. The summed E-state index contributed by atoms with van der Waals surface area (Å²) in [5.41, 5.74) is 2.90. The number of anilines is 8. The molecule has 25 rings (SSSR count). The van der Waals surface area contributed by atoms with Gasteiger partial charge in [0.15, 0.2) is 69.3 Å². The Morgan fingerprint density at radius 3 is 1.07 bits per heavy atom. The van der Waals surface area contributed by atoms with Crippen LogP contribution < -0.4 is 59.2 Å². The van der Waals surface area contributed by atoms with Crippen molar-refractivity contribution in [1.29, 1.82) is 0 Å². The van der Waals surface area contributed by atoms with Crippen molar-refractivity contribution < 1.29 is 84.1 Å². The molecule has 150 heavy (non-hydrogen) atoms. The number of halogens is 12. The van der Waals surface area contributed by atoms with E-state index < -0.39 is 23.3 Å². The van der Waals surface area contributed by atoms with Gasteiger partial charge < -0.3 is 88.2 Å². The molecule has 8 atom stereocenters. The van der Waals surface area contributed by atoms with Crippen LogP contribution in [0.5, 0.6) is 46.0 Å². The number of carbonyl (C=O) groups excluding carboxylic acids is 4. The van der Waals surface area contributed by atoms with Gasteiger partial charge in [-0.2, -0.15) is 0 Å². The topological polar surface area (TPSA) is 328 Å². The lowest BCUT2D eigenvalue weighted by Crippen LogP contribution is -2.61. The number of fused-ring (bicyclic) bond motifs is 12. The molecule has 0 radical (unpaired) electrons. The zero-order valence-corrected chi connectivity index (χ0v) is 87.4. The zero-order chi connectivity index (χ0) is 105. The van der Waals surface area contributed by atoms with Crippen LogP contribution in [0.2, 0.25) is 40.2 Å². The van der Waals surface area contributed by atoms with Crippen LogP contribution in [0.15, 0.2) is 172 Å². The van der Waals surface area contributed by atoms with Crippen molar-refractivity contribution in [1.82, 2.24) is 64.4 Å². The van der Waals surface area contributed by atoms with Crippen LogP contribution in [0, 0.1) is 58.8 Å². The average molecular weight is 2210 g/mol. The van der Waals surface area contributed by atoms with Gasteiger partial charge in [-0.1, -0.05) is 125 Å². The highest BCUT2D eigenvalue weighted by atomic mass is 35.5. The van der Waals surface area contributed by atoms with E-state index in [1.165, 1.54) is 111 Å². The molecule has 8 unspecified atom stereocenters. The number of ether oxygens (including phenoxy) is 10. The molecule has 3 saturated carbocycles. The zero-order valence-electron chi connectivity index (χ0n) is 81.4. The van der Waals surface area contributed by atoms with E-state index in [0.717, 1.165) is 64.6 Å². The number of methoxy groups -OCH3 is 3. The van der Waals surface area contributed by atoms with Gasteiger partial charge in [-0.05, 0) is 149 Å². The number of likely N-dealkylation sites (tertiary alicyclic amines) is 1. The fourth-order valence-corrected chi connectivity index (χ4v) is 22.3. The van der Waals surface area contributed by atoms with E-state index >= 15 is 0 Å². The summed E-state index contributed by atoms with van der Waals surface area (Å²) < 4.78 is 119. The quantitative estimate of drug-likeness (QED) is 0.0141. The van der Waals surface area contributed by atoms with E-state index in [-0.39, 0.29) is 165 Å². The fourth-order valence-electron chi connectivity index (χ4n) is 21.0. The van der Waals surface area contributed by atoms with Gasteiger partial charge in [0, 0.05) is 165 Å². The molecule has 12 aromatic rings. The second kappa shape index (κ2) is 46.8. The summed E-state index contributed by atoms with van der Waals surface area (Å²) >= 11 is 47.6. The molecular formula is C107H103Cl8F4N17O14. The van der Waals surface area contributed by atoms with E-state index in [4.69, 9.17) is 140 Å². The number of carbonyl (C=O) groups is 4. The number of aromatic nitrogens is 8. The minimum atomic E-state index is -0.683. The second-order valence-corrected chi connectivity index (χ2v) is 41.2. The Kier molecular flexibility index (Phi) is 33.0. The highest BCUT2D eigenvalue weighted by Crippen LogP contribution is 2.52. The van der Waals surface area contributed by atoms with E-state index in [2.05, 4.69) is 85.8 Å². The molecule has 43 heteroatoms. The maximum absolute atomic E-state index is 14.7. The van der Waals surface area contributed by atoms with Gasteiger partial charge in [0.2, 0.25) is 23.6 Å². The summed E-state index contributed by atoms with van der Waals surface area (Å²) in [6, 6.07) is 26.6. The molecular weight excluding hydrogens is 2110 g/mol. The minimum absolute atomic E-state index is 0.0263. The van der Waals surface area contributed by atoms with Crippen LogP contribution in [0.1, 0.15) is 64.2 Å². The molecule has 13 aliphatic rings. The van der Waals surface area contributed by atoms with Crippen LogP contribution in [-0.2, 0) is 28.7 Å². The van der Waals surface area contributed by atoms with E-state index in [9.17, 15) is 36.7 Å². The number of nitrogens with zero attached hydrogens (tertiary/aromatic N) is 13. The van der Waals surface area contributed by atoms with Crippen molar-refractivity contribution in [3.05, 3.63) is 236 Å². The molecule has 4 N–H and O–H groups in total. The predicted octanol–water partition coefficient (Wildman–Crippen LogP) is 22.3. The largest absolute Gasteiger partial charge is 0.493 e. The monoisotopic (exact) mass is 2210 g/mol. The number of benzene rings is 8. The third kappa shape index (κ3) is 22.8. The molecule has 10 saturated heterocycles. The number of hydrogen-bond donors (Lipinski definition) is 4. The van der Waals surface area contributed by atoms with Crippen LogP contribution in [0.4, 0.5) is 63.6 Å². The minimum Gasteiger partial charge on any atom is -0.493 e. The smallest absolute Gasteiger partial charge is 0.246 e. The normalized spacial score (nSPS) is 21.7. The summed E-state index contributed by atoms with van der Waals surface area (Å²) in [4.78, 5) is 93.9. The van der Waals surface area contributed by atoms with Crippen LogP contribution in [0.25, 0.3) is 43.6 Å². The Bertz CT molecular complexity index is 7190. The number of nitrogens with one attached hydrogen (secondary N) is 4. The first-order valence-electron chi connectivity index (χ1n) is 48.9. The maximum atomic E-state index is 14.7.